The third-order valence-corrected chi connectivity index (χ3v) is 5.91. The molecule has 1 aliphatic carbocycles. The second kappa shape index (κ2) is 8.95. The third kappa shape index (κ3) is 4.75. The molecule has 0 saturated carbocycles. The summed E-state index contributed by atoms with van der Waals surface area (Å²) in [6, 6.07) is 4.78. The van der Waals surface area contributed by atoms with Gasteiger partial charge in [0.1, 0.15) is 10.8 Å². The molecule has 3 rings (SSSR count). The normalized spacial score (nSPS) is 13.0. The number of ether oxygens (including phenoxy) is 2. The van der Waals surface area contributed by atoms with E-state index in [-0.39, 0.29) is 19.1 Å². The molecule has 1 N–H and O–H groups in total. The van der Waals surface area contributed by atoms with Gasteiger partial charge in [0.05, 0.1) is 17.2 Å². The van der Waals surface area contributed by atoms with Crippen molar-refractivity contribution in [3.8, 4) is 5.75 Å². The second-order valence-corrected chi connectivity index (χ2v) is 8.00. The van der Waals surface area contributed by atoms with Gasteiger partial charge in [-0.05, 0) is 50.3 Å². The molecule has 144 valence electrons. The zero-order chi connectivity index (χ0) is 19.4. The number of halogens is 2. The number of nitrogens with one attached hydrogen (secondary N) is 1. The first kappa shape index (κ1) is 20.0. The number of fused-ring (bicyclic) bond motifs is 1. The quantitative estimate of drug-likeness (QED) is 0.648. The highest BCUT2D eigenvalue weighted by Crippen LogP contribution is 2.38. The van der Waals surface area contributed by atoms with E-state index in [1.54, 1.807) is 25.1 Å². The molecule has 0 atom stereocenters. The number of carbonyl (C=O) groups excluding carboxylic acids is 2. The predicted molar refractivity (Wildman–Crippen MR) is 108 cm³/mol. The molecule has 0 bridgehead atoms. The Morgan fingerprint density at radius 3 is 2.78 bits per heavy atom. The number of aryl methyl sites for hydroxylation is 1. The Morgan fingerprint density at radius 2 is 2.00 bits per heavy atom. The van der Waals surface area contributed by atoms with Crippen LogP contribution in [0.4, 0.5) is 5.00 Å². The van der Waals surface area contributed by atoms with Gasteiger partial charge < -0.3 is 14.8 Å². The van der Waals surface area contributed by atoms with E-state index in [9.17, 15) is 9.59 Å². The summed E-state index contributed by atoms with van der Waals surface area (Å²) in [5.41, 5.74) is 1.48. The van der Waals surface area contributed by atoms with E-state index in [1.807, 2.05) is 0 Å². The molecule has 2 aromatic rings. The maximum atomic E-state index is 12.4. The van der Waals surface area contributed by atoms with Crippen molar-refractivity contribution in [1.82, 2.24) is 0 Å². The van der Waals surface area contributed by atoms with Gasteiger partial charge in [-0.2, -0.15) is 0 Å². The average Bonchev–Trinajstić information content (AvgIpc) is 3.00. The summed E-state index contributed by atoms with van der Waals surface area (Å²) in [4.78, 5) is 25.9. The van der Waals surface area contributed by atoms with Crippen LogP contribution in [0.2, 0.25) is 10.0 Å². The molecular weight excluding hydrogens is 409 g/mol. The maximum Gasteiger partial charge on any atom is 0.341 e. The second-order valence-electron chi connectivity index (χ2n) is 6.05. The molecule has 5 nitrogen and oxygen atoms in total. The summed E-state index contributed by atoms with van der Waals surface area (Å²) in [6.45, 7) is 1.80. The van der Waals surface area contributed by atoms with Gasteiger partial charge in [0.2, 0.25) is 0 Å². The molecule has 0 saturated heterocycles. The van der Waals surface area contributed by atoms with Crippen molar-refractivity contribution < 1.29 is 19.1 Å². The van der Waals surface area contributed by atoms with E-state index in [0.29, 0.717) is 26.4 Å². The summed E-state index contributed by atoms with van der Waals surface area (Å²) in [7, 11) is 0. The van der Waals surface area contributed by atoms with Gasteiger partial charge in [-0.1, -0.05) is 23.2 Å². The van der Waals surface area contributed by atoms with Crippen LogP contribution in [-0.2, 0) is 22.4 Å². The van der Waals surface area contributed by atoms with Crippen LogP contribution < -0.4 is 10.1 Å². The highest BCUT2D eigenvalue weighted by Gasteiger charge is 2.27. The van der Waals surface area contributed by atoms with E-state index in [4.69, 9.17) is 32.7 Å². The number of hydrogen-bond donors (Lipinski definition) is 1. The van der Waals surface area contributed by atoms with Gasteiger partial charge in [0.25, 0.3) is 5.91 Å². The number of benzene rings is 1. The van der Waals surface area contributed by atoms with Crippen LogP contribution in [0.3, 0.4) is 0 Å². The van der Waals surface area contributed by atoms with E-state index in [1.165, 1.54) is 11.3 Å². The van der Waals surface area contributed by atoms with E-state index in [2.05, 4.69) is 5.32 Å². The third-order valence-electron chi connectivity index (χ3n) is 4.16. The van der Waals surface area contributed by atoms with Gasteiger partial charge in [0, 0.05) is 16.0 Å². The minimum Gasteiger partial charge on any atom is -0.482 e. The zero-order valence-corrected chi connectivity index (χ0v) is 17.1. The Kier molecular flexibility index (Phi) is 6.63. The van der Waals surface area contributed by atoms with Crippen molar-refractivity contribution in [3.05, 3.63) is 44.2 Å². The Morgan fingerprint density at radius 1 is 1.22 bits per heavy atom. The average molecular weight is 428 g/mol. The minimum absolute atomic E-state index is 0.245. The highest BCUT2D eigenvalue weighted by atomic mass is 35.5. The lowest BCUT2D eigenvalue weighted by molar-refractivity contribution is -0.118. The van der Waals surface area contributed by atoms with E-state index < -0.39 is 5.97 Å². The number of thiophene rings is 1. The van der Waals surface area contributed by atoms with Crippen LogP contribution in [0.15, 0.2) is 18.2 Å². The highest BCUT2D eigenvalue weighted by molar-refractivity contribution is 7.17. The van der Waals surface area contributed by atoms with Gasteiger partial charge >= 0.3 is 5.97 Å². The Balaban J connectivity index is 1.74. The molecule has 1 aromatic heterocycles. The smallest absolute Gasteiger partial charge is 0.341 e. The van der Waals surface area contributed by atoms with Gasteiger partial charge in [-0.3, -0.25) is 4.79 Å². The summed E-state index contributed by atoms with van der Waals surface area (Å²) in [5, 5.41) is 4.14. The first-order valence-electron chi connectivity index (χ1n) is 8.69. The summed E-state index contributed by atoms with van der Waals surface area (Å²) < 4.78 is 10.6. The number of rotatable bonds is 6. The van der Waals surface area contributed by atoms with Crippen LogP contribution >= 0.6 is 34.5 Å². The van der Waals surface area contributed by atoms with Crippen LogP contribution in [-0.4, -0.2) is 25.1 Å². The molecule has 0 aliphatic heterocycles. The van der Waals surface area contributed by atoms with Gasteiger partial charge in [-0.25, -0.2) is 4.79 Å². The number of carbonyl (C=O) groups is 2. The molecular formula is C19H19Cl2NO4S. The molecule has 0 radical (unpaired) electrons. The minimum atomic E-state index is -0.397. The van der Waals surface area contributed by atoms with Crippen molar-refractivity contribution >= 4 is 51.4 Å². The van der Waals surface area contributed by atoms with Crippen molar-refractivity contribution in [2.75, 3.05) is 18.5 Å². The topological polar surface area (TPSA) is 64.6 Å². The number of hydrogen-bond acceptors (Lipinski definition) is 5. The molecule has 1 aliphatic rings. The van der Waals surface area contributed by atoms with E-state index >= 15 is 0 Å². The van der Waals surface area contributed by atoms with Crippen molar-refractivity contribution in [3.63, 3.8) is 0 Å². The Hall–Kier alpha value is -1.76. The fourth-order valence-corrected chi connectivity index (χ4v) is 4.59. The van der Waals surface area contributed by atoms with Crippen molar-refractivity contribution in [1.29, 1.82) is 0 Å². The molecule has 8 heteroatoms. The SMILES string of the molecule is CCOC(=O)c1c(NC(=O)COc2cc(Cl)ccc2Cl)sc2c1CCCC2. The molecule has 1 heterocycles. The largest absolute Gasteiger partial charge is 0.482 e. The van der Waals surface area contributed by atoms with Gasteiger partial charge in [0.15, 0.2) is 6.61 Å². The molecule has 0 spiro atoms. The van der Waals surface area contributed by atoms with Crippen LogP contribution in [0.25, 0.3) is 0 Å². The molecule has 27 heavy (non-hydrogen) atoms. The molecule has 1 amide bonds. The molecule has 1 aromatic carbocycles. The summed E-state index contributed by atoms with van der Waals surface area (Å²) in [6.07, 6.45) is 3.85. The summed E-state index contributed by atoms with van der Waals surface area (Å²) >= 11 is 13.4. The predicted octanol–water partition coefficient (Wildman–Crippen LogP) is 5.13. The zero-order valence-electron chi connectivity index (χ0n) is 14.8. The Bertz CT molecular complexity index is 866. The van der Waals surface area contributed by atoms with Crippen LogP contribution in [0, 0.1) is 0 Å². The fourth-order valence-electron chi connectivity index (χ4n) is 2.97. The van der Waals surface area contributed by atoms with Crippen LogP contribution in [0.1, 0.15) is 40.6 Å². The standard InChI is InChI=1S/C19H19Cl2NO4S/c1-2-25-19(24)17-12-5-3-4-6-15(12)27-18(17)22-16(23)10-26-14-9-11(20)7-8-13(14)21/h7-9H,2-6,10H2,1H3,(H,22,23). The van der Waals surface area contributed by atoms with Crippen molar-refractivity contribution in [2.24, 2.45) is 0 Å². The first-order valence-corrected chi connectivity index (χ1v) is 10.3. The lowest BCUT2D eigenvalue weighted by Gasteiger charge is -2.12. The number of anilines is 1. The lowest BCUT2D eigenvalue weighted by atomic mass is 9.95. The molecule has 0 fully saturated rings. The summed E-state index contributed by atoms with van der Waals surface area (Å²) in [5.74, 6) is -0.448. The molecule has 0 unspecified atom stereocenters. The Labute approximate surface area is 171 Å². The first-order chi connectivity index (χ1) is 13.0. The fraction of sp³-hybridized carbons (Fsp3) is 0.368. The maximum absolute atomic E-state index is 12.4. The number of amides is 1. The van der Waals surface area contributed by atoms with Crippen molar-refractivity contribution in [2.45, 2.75) is 32.6 Å². The van der Waals surface area contributed by atoms with Crippen LogP contribution in [0.5, 0.6) is 5.75 Å². The van der Waals surface area contributed by atoms with Gasteiger partial charge in [-0.15, -0.1) is 11.3 Å². The monoisotopic (exact) mass is 427 g/mol. The lowest BCUT2D eigenvalue weighted by Crippen LogP contribution is -2.21. The van der Waals surface area contributed by atoms with E-state index in [0.717, 1.165) is 36.1 Å². The number of esters is 1.